The first-order valence-electron chi connectivity index (χ1n) is 4.79. The Kier molecular flexibility index (Phi) is 1.57. The fourth-order valence-electron chi connectivity index (χ4n) is 2.25. The molecule has 66 valence electrons. The van der Waals surface area contributed by atoms with Crippen molar-refractivity contribution in [2.45, 2.75) is 40.2 Å². The lowest BCUT2D eigenvalue weighted by Crippen LogP contribution is -2.11. The van der Waals surface area contributed by atoms with Crippen molar-refractivity contribution in [3.05, 3.63) is 23.5 Å². The maximum Gasteiger partial charge on any atom is 0.0212 e. The number of aryl methyl sites for hydroxylation is 1. The number of hydrogen-bond acceptors (Lipinski definition) is 0. The second kappa shape index (κ2) is 2.38. The van der Waals surface area contributed by atoms with E-state index in [9.17, 15) is 0 Å². The summed E-state index contributed by atoms with van der Waals surface area (Å²) < 4.78 is 2.38. The Bertz CT molecular complexity index is 294. The van der Waals surface area contributed by atoms with E-state index in [0.29, 0.717) is 5.41 Å². The number of rotatable bonds is 1. The van der Waals surface area contributed by atoms with Crippen molar-refractivity contribution in [1.29, 1.82) is 0 Å². The van der Waals surface area contributed by atoms with Crippen molar-refractivity contribution in [1.82, 2.24) is 4.57 Å². The molecule has 0 aromatic carbocycles. The lowest BCUT2D eigenvalue weighted by molar-refractivity contribution is 0.385. The second-order valence-corrected chi connectivity index (χ2v) is 4.59. The molecule has 0 saturated heterocycles. The molecule has 0 N–H and O–H groups in total. The first kappa shape index (κ1) is 7.90. The van der Waals surface area contributed by atoms with Crippen LogP contribution < -0.4 is 0 Å². The zero-order valence-corrected chi connectivity index (χ0v) is 8.22. The van der Waals surface area contributed by atoms with Gasteiger partial charge in [-0.1, -0.05) is 13.8 Å². The molecule has 1 aliphatic rings. The van der Waals surface area contributed by atoms with Crippen LogP contribution in [0.5, 0.6) is 0 Å². The summed E-state index contributed by atoms with van der Waals surface area (Å²) in [6, 6.07) is 2.29. The van der Waals surface area contributed by atoms with Crippen LogP contribution in [-0.4, -0.2) is 4.57 Å². The lowest BCUT2D eigenvalue weighted by atomic mass is 9.90. The monoisotopic (exact) mass is 163 g/mol. The number of nitrogens with zero attached hydrogens (tertiary/aromatic N) is 1. The van der Waals surface area contributed by atoms with Gasteiger partial charge in [0.1, 0.15) is 0 Å². The molecular weight excluding hydrogens is 146 g/mol. The van der Waals surface area contributed by atoms with Crippen molar-refractivity contribution >= 4 is 0 Å². The van der Waals surface area contributed by atoms with Gasteiger partial charge in [-0.25, -0.2) is 0 Å². The van der Waals surface area contributed by atoms with Crippen LogP contribution in [0.4, 0.5) is 0 Å². The van der Waals surface area contributed by atoms with E-state index in [1.165, 1.54) is 12.8 Å². The van der Waals surface area contributed by atoms with E-state index in [4.69, 9.17) is 0 Å². The molecule has 1 heteroatoms. The molecule has 0 aliphatic heterocycles. The van der Waals surface area contributed by atoms with Crippen molar-refractivity contribution < 1.29 is 0 Å². The molecule has 0 saturated carbocycles. The Balaban J connectivity index is 2.37. The average molecular weight is 163 g/mol. The van der Waals surface area contributed by atoms with Crippen molar-refractivity contribution in [2.75, 3.05) is 0 Å². The summed E-state index contributed by atoms with van der Waals surface area (Å²) in [4.78, 5) is 0. The first-order valence-corrected chi connectivity index (χ1v) is 4.79. The summed E-state index contributed by atoms with van der Waals surface area (Å²) in [5.41, 5.74) is 3.65. The lowest BCUT2D eigenvalue weighted by Gasteiger charge is -2.16. The van der Waals surface area contributed by atoms with Crippen LogP contribution in [0, 0.1) is 5.41 Å². The quantitative estimate of drug-likeness (QED) is 0.599. The predicted molar refractivity (Wildman–Crippen MR) is 51.3 cm³/mol. The molecule has 0 bridgehead atoms. The van der Waals surface area contributed by atoms with Gasteiger partial charge in [-0.2, -0.15) is 0 Å². The molecule has 0 spiro atoms. The van der Waals surface area contributed by atoms with Gasteiger partial charge in [0, 0.05) is 18.4 Å². The van der Waals surface area contributed by atoms with Gasteiger partial charge in [0.25, 0.3) is 0 Å². The third-order valence-electron chi connectivity index (χ3n) is 2.83. The van der Waals surface area contributed by atoms with Crippen LogP contribution >= 0.6 is 0 Å². The highest BCUT2D eigenvalue weighted by atomic mass is 15.0. The van der Waals surface area contributed by atoms with Crippen molar-refractivity contribution in [2.24, 2.45) is 5.41 Å². The molecule has 2 rings (SSSR count). The minimum atomic E-state index is 0.503. The zero-order chi connectivity index (χ0) is 8.77. The van der Waals surface area contributed by atoms with E-state index in [0.717, 1.165) is 6.54 Å². The average Bonchev–Trinajstić information content (AvgIpc) is 2.42. The first-order chi connectivity index (χ1) is 5.62. The van der Waals surface area contributed by atoms with E-state index >= 15 is 0 Å². The van der Waals surface area contributed by atoms with Crippen LogP contribution in [-0.2, 0) is 19.4 Å². The molecule has 1 aliphatic carbocycles. The van der Waals surface area contributed by atoms with Crippen LogP contribution in [0.2, 0.25) is 0 Å². The highest BCUT2D eigenvalue weighted by Gasteiger charge is 2.30. The smallest absolute Gasteiger partial charge is 0.0212 e. The summed E-state index contributed by atoms with van der Waals surface area (Å²) in [7, 11) is 0. The molecule has 0 atom stereocenters. The zero-order valence-electron chi connectivity index (χ0n) is 8.22. The van der Waals surface area contributed by atoms with E-state index in [2.05, 4.69) is 37.6 Å². The van der Waals surface area contributed by atoms with Crippen LogP contribution in [0.25, 0.3) is 0 Å². The molecule has 1 aromatic heterocycles. The normalized spacial score (nSPS) is 19.6. The van der Waals surface area contributed by atoms with Crippen LogP contribution in [0.3, 0.4) is 0 Å². The van der Waals surface area contributed by atoms with Gasteiger partial charge in [-0.05, 0) is 36.8 Å². The minimum absolute atomic E-state index is 0.503. The van der Waals surface area contributed by atoms with Gasteiger partial charge < -0.3 is 4.57 Å². The Morgan fingerprint density at radius 2 is 2.17 bits per heavy atom. The summed E-state index contributed by atoms with van der Waals surface area (Å²) in [5.74, 6) is 0. The van der Waals surface area contributed by atoms with E-state index in [1.54, 1.807) is 11.3 Å². The predicted octanol–water partition coefficient (Wildman–Crippen LogP) is 2.63. The highest BCUT2D eigenvalue weighted by molar-refractivity contribution is 5.30. The maximum atomic E-state index is 2.38. The second-order valence-electron chi connectivity index (χ2n) is 4.59. The fraction of sp³-hybridized carbons (Fsp3) is 0.636. The van der Waals surface area contributed by atoms with Gasteiger partial charge in [0.05, 0.1) is 0 Å². The van der Waals surface area contributed by atoms with Gasteiger partial charge in [-0.3, -0.25) is 0 Å². The third kappa shape index (κ3) is 1.08. The van der Waals surface area contributed by atoms with Crippen molar-refractivity contribution in [3.63, 3.8) is 0 Å². The Hall–Kier alpha value is -0.720. The molecular formula is C11H17N. The number of aromatic nitrogens is 1. The maximum absolute atomic E-state index is 2.38. The summed E-state index contributed by atoms with van der Waals surface area (Å²) in [6.45, 7) is 8.04. The van der Waals surface area contributed by atoms with Crippen LogP contribution in [0.15, 0.2) is 12.3 Å². The molecule has 0 amide bonds. The summed E-state index contributed by atoms with van der Waals surface area (Å²) in [5, 5.41) is 0. The molecule has 0 fully saturated rings. The topological polar surface area (TPSA) is 4.93 Å². The third-order valence-corrected chi connectivity index (χ3v) is 2.83. The molecule has 0 radical (unpaired) electrons. The van der Waals surface area contributed by atoms with Crippen LogP contribution in [0.1, 0.15) is 32.0 Å². The van der Waals surface area contributed by atoms with E-state index in [1.807, 2.05) is 0 Å². The van der Waals surface area contributed by atoms with Gasteiger partial charge in [0.2, 0.25) is 0 Å². The van der Waals surface area contributed by atoms with E-state index in [-0.39, 0.29) is 0 Å². The van der Waals surface area contributed by atoms with E-state index < -0.39 is 0 Å². The van der Waals surface area contributed by atoms with Gasteiger partial charge in [0.15, 0.2) is 0 Å². The number of fused-ring (bicyclic) bond motifs is 1. The minimum Gasteiger partial charge on any atom is -0.351 e. The van der Waals surface area contributed by atoms with Crippen molar-refractivity contribution in [3.8, 4) is 0 Å². The van der Waals surface area contributed by atoms with Gasteiger partial charge >= 0.3 is 0 Å². The largest absolute Gasteiger partial charge is 0.351 e. The Morgan fingerprint density at radius 3 is 2.83 bits per heavy atom. The molecule has 12 heavy (non-hydrogen) atoms. The fourth-order valence-corrected chi connectivity index (χ4v) is 2.25. The highest BCUT2D eigenvalue weighted by Crippen LogP contribution is 2.36. The summed E-state index contributed by atoms with van der Waals surface area (Å²) >= 11 is 0. The molecule has 0 unspecified atom stereocenters. The summed E-state index contributed by atoms with van der Waals surface area (Å²) in [6.07, 6.45) is 4.73. The Labute approximate surface area is 74.4 Å². The molecule has 1 heterocycles. The number of hydrogen-bond donors (Lipinski definition) is 0. The Morgan fingerprint density at radius 1 is 1.42 bits per heavy atom. The molecule has 1 nitrogen and oxygen atoms in total. The SMILES string of the molecule is CCn1ccc2c1CC(C)(C)C2. The molecule has 1 aromatic rings. The van der Waals surface area contributed by atoms with Gasteiger partial charge in [-0.15, -0.1) is 0 Å². The standard InChI is InChI=1S/C11H17N/c1-4-12-6-5-9-7-11(2,3)8-10(9)12/h5-6H,4,7-8H2,1-3H3.